The van der Waals surface area contributed by atoms with Crippen molar-refractivity contribution < 1.29 is 14.3 Å². The van der Waals surface area contributed by atoms with E-state index in [4.69, 9.17) is 16.3 Å². The number of fused-ring (bicyclic) bond motifs is 1. The zero-order chi connectivity index (χ0) is 29.6. The van der Waals surface area contributed by atoms with E-state index < -0.39 is 0 Å². The first-order chi connectivity index (χ1) is 21.0. The number of amides is 2. The molecule has 4 aromatic rings. The molecule has 2 aromatic heterocycles. The number of aromatic nitrogens is 3. The van der Waals surface area contributed by atoms with Crippen LogP contribution in [0.25, 0.3) is 5.69 Å². The van der Waals surface area contributed by atoms with Gasteiger partial charge in [-0.1, -0.05) is 53.7 Å². The average molecular weight is 637 g/mol. The Morgan fingerprint density at radius 1 is 1.00 bits per heavy atom. The summed E-state index contributed by atoms with van der Waals surface area (Å²) in [5.74, 6) is 0.565. The summed E-state index contributed by atoms with van der Waals surface area (Å²) >= 11 is 9.00. The zero-order valence-corrected chi connectivity index (χ0v) is 26.1. The Hall–Kier alpha value is -3.22. The Kier molecular flexibility index (Phi) is 9.74. The van der Waals surface area contributed by atoms with E-state index in [0.29, 0.717) is 47.0 Å². The molecule has 43 heavy (non-hydrogen) atoms. The number of carbonyl (C=O) groups excluding carboxylic acids is 2. The first-order valence-electron chi connectivity index (χ1n) is 14.4. The second-order valence-corrected chi connectivity index (χ2v) is 13.0. The minimum absolute atomic E-state index is 0.122. The molecule has 2 amide bonds. The lowest BCUT2D eigenvalue weighted by atomic mass is 9.95. The third kappa shape index (κ3) is 7.30. The fourth-order valence-corrected chi connectivity index (χ4v) is 7.56. The number of thiophene rings is 1. The SMILES string of the molecule is O=C(CSc1nnc(CN2CCOCC2)n1-c1ccc(Cl)cc1)Nc1sc2c(c1C(=O)NCc1ccccc1)CCCC2. The summed E-state index contributed by atoms with van der Waals surface area (Å²) in [6.45, 7) is 4.08. The fraction of sp³-hybridized carbons (Fsp3) is 0.355. The fourth-order valence-electron chi connectivity index (χ4n) is 5.36. The first-order valence-corrected chi connectivity index (χ1v) is 16.6. The highest BCUT2D eigenvalue weighted by molar-refractivity contribution is 7.99. The van der Waals surface area contributed by atoms with E-state index in [1.165, 1.54) is 28.0 Å². The highest BCUT2D eigenvalue weighted by Crippen LogP contribution is 2.38. The molecule has 1 fully saturated rings. The van der Waals surface area contributed by atoms with Crippen molar-refractivity contribution in [1.82, 2.24) is 25.0 Å². The number of halogens is 1. The first kappa shape index (κ1) is 29.8. The van der Waals surface area contributed by atoms with Crippen LogP contribution in [0.1, 0.15) is 45.0 Å². The number of aryl methyl sites for hydroxylation is 1. The molecular formula is C31H33ClN6O3S2. The van der Waals surface area contributed by atoms with Crippen LogP contribution >= 0.6 is 34.7 Å². The van der Waals surface area contributed by atoms with Gasteiger partial charge in [-0.25, -0.2) is 0 Å². The predicted molar refractivity (Wildman–Crippen MR) is 170 cm³/mol. The van der Waals surface area contributed by atoms with Gasteiger partial charge in [0, 0.05) is 35.2 Å². The summed E-state index contributed by atoms with van der Waals surface area (Å²) in [6.07, 6.45) is 3.91. The zero-order valence-electron chi connectivity index (χ0n) is 23.7. The van der Waals surface area contributed by atoms with E-state index in [1.54, 1.807) is 0 Å². The van der Waals surface area contributed by atoms with Gasteiger partial charge in [-0.3, -0.25) is 19.1 Å². The normalized spacial score (nSPS) is 15.2. The van der Waals surface area contributed by atoms with Gasteiger partial charge >= 0.3 is 0 Å². The second kappa shape index (κ2) is 14.0. The number of nitrogens with zero attached hydrogens (tertiary/aromatic N) is 4. The highest BCUT2D eigenvalue weighted by atomic mass is 35.5. The number of nitrogens with one attached hydrogen (secondary N) is 2. The van der Waals surface area contributed by atoms with Crippen LogP contribution in [0.5, 0.6) is 0 Å². The van der Waals surface area contributed by atoms with Crippen LogP contribution in [0, 0.1) is 0 Å². The maximum Gasteiger partial charge on any atom is 0.254 e. The molecule has 9 nitrogen and oxygen atoms in total. The molecule has 224 valence electrons. The Bertz CT molecular complexity index is 1570. The Balaban J connectivity index is 1.17. The summed E-state index contributed by atoms with van der Waals surface area (Å²) in [7, 11) is 0. The monoisotopic (exact) mass is 636 g/mol. The van der Waals surface area contributed by atoms with Crippen LogP contribution < -0.4 is 10.6 Å². The van der Waals surface area contributed by atoms with Gasteiger partial charge in [0.25, 0.3) is 5.91 Å². The predicted octanol–water partition coefficient (Wildman–Crippen LogP) is 5.35. The van der Waals surface area contributed by atoms with Crippen LogP contribution in [-0.2, 0) is 35.5 Å². The van der Waals surface area contributed by atoms with Crippen molar-refractivity contribution >= 4 is 51.5 Å². The second-order valence-electron chi connectivity index (χ2n) is 10.5. The third-order valence-electron chi connectivity index (χ3n) is 7.53. The van der Waals surface area contributed by atoms with Crippen LogP contribution in [0.4, 0.5) is 5.00 Å². The molecule has 1 saturated heterocycles. The topological polar surface area (TPSA) is 101 Å². The number of anilines is 1. The lowest BCUT2D eigenvalue weighted by molar-refractivity contribution is -0.113. The van der Waals surface area contributed by atoms with Gasteiger partial charge in [-0.05, 0) is 61.1 Å². The Morgan fingerprint density at radius 2 is 1.77 bits per heavy atom. The molecule has 2 N–H and O–H groups in total. The number of carbonyl (C=O) groups is 2. The van der Waals surface area contributed by atoms with Gasteiger partial charge < -0.3 is 15.4 Å². The van der Waals surface area contributed by atoms with Crippen molar-refractivity contribution in [2.45, 2.75) is 43.9 Å². The summed E-state index contributed by atoms with van der Waals surface area (Å²) < 4.78 is 7.48. The molecule has 0 spiro atoms. The molecular weight excluding hydrogens is 604 g/mol. The Labute approximate surface area is 264 Å². The standard InChI is InChI=1S/C31H33ClN6O3S2/c32-22-10-12-23(13-11-22)38-26(19-37-14-16-41-17-15-37)35-36-31(38)42-20-27(39)34-30-28(24-8-4-5-9-25(24)43-30)29(40)33-18-21-6-2-1-3-7-21/h1-3,6-7,10-13H,4-5,8-9,14-20H2,(H,33,40)(H,34,39). The van der Waals surface area contributed by atoms with E-state index in [2.05, 4.69) is 25.7 Å². The van der Waals surface area contributed by atoms with Crippen LogP contribution in [0.3, 0.4) is 0 Å². The summed E-state index contributed by atoms with van der Waals surface area (Å²) in [6, 6.07) is 17.3. The summed E-state index contributed by atoms with van der Waals surface area (Å²) in [4.78, 5) is 30.2. The molecule has 12 heteroatoms. The molecule has 0 atom stereocenters. The number of hydrogen-bond acceptors (Lipinski definition) is 8. The number of hydrogen-bond donors (Lipinski definition) is 2. The number of ether oxygens (including phenoxy) is 1. The summed E-state index contributed by atoms with van der Waals surface area (Å²) in [5.41, 5.74) is 3.58. The summed E-state index contributed by atoms with van der Waals surface area (Å²) in [5, 5.41) is 16.9. The number of rotatable bonds is 10. The van der Waals surface area contributed by atoms with Crippen LogP contribution in [-0.4, -0.2) is 63.5 Å². The van der Waals surface area contributed by atoms with Gasteiger partial charge in [0.05, 0.1) is 31.1 Å². The van der Waals surface area contributed by atoms with Gasteiger partial charge in [-0.2, -0.15) is 0 Å². The van der Waals surface area contributed by atoms with Gasteiger partial charge in [0.15, 0.2) is 11.0 Å². The molecule has 6 rings (SSSR count). The van der Waals surface area contributed by atoms with Crippen molar-refractivity contribution in [2.75, 3.05) is 37.4 Å². The molecule has 1 aliphatic heterocycles. The molecule has 2 aromatic carbocycles. The molecule has 0 radical (unpaired) electrons. The van der Waals surface area contributed by atoms with Crippen molar-refractivity contribution in [2.24, 2.45) is 0 Å². The minimum atomic E-state index is -0.193. The lowest BCUT2D eigenvalue weighted by Crippen LogP contribution is -2.36. The Morgan fingerprint density at radius 3 is 2.56 bits per heavy atom. The van der Waals surface area contributed by atoms with E-state index in [1.807, 2.05) is 59.2 Å². The van der Waals surface area contributed by atoms with Crippen LogP contribution in [0.2, 0.25) is 5.02 Å². The maximum atomic E-state index is 13.4. The van der Waals surface area contributed by atoms with Crippen molar-refractivity contribution in [3.63, 3.8) is 0 Å². The van der Waals surface area contributed by atoms with Crippen LogP contribution in [0.15, 0.2) is 59.8 Å². The largest absolute Gasteiger partial charge is 0.379 e. The van der Waals surface area contributed by atoms with Gasteiger partial charge in [0.2, 0.25) is 5.91 Å². The van der Waals surface area contributed by atoms with E-state index in [-0.39, 0.29) is 17.6 Å². The van der Waals surface area contributed by atoms with Crippen molar-refractivity contribution in [3.05, 3.63) is 87.0 Å². The van der Waals surface area contributed by atoms with Gasteiger partial charge in [-0.15, -0.1) is 21.5 Å². The van der Waals surface area contributed by atoms with E-state index >= 15 is 0 Å². The molecule has 0 unspecified atom stereocenters. The van der Waals surface area contributed by atoms with Crippen molar-refractivity contribution in [1.29, 1.82) is 0 Å². The number of thioether (sulfide) groups is 1. The van der Waals surface area contributed by atoms with E-state index in [0.717, 1.165) is 61.4 Å². The number of benzene rings is 2. The molecule has 0 bridgehead atoms. The molecule has 2 aliphatic rings. The quantitative estimate of drug-likeness (QED) is 0.226. The third-order valence-corrected chi connectivity index (χ3v) is 9.92. The highest BCUT2D eigenvalue weighted by Gasteiger charge is 2.27. The average Bonchev–Trinajstić information content (AvgIpc) is 3.60. The maximum absolute atomic E-state index is 13.4. The van der Waals surface area contributed by atoms with E-state index in [9.17, 15) is 9.59 Å². The minimum Gasteiger partial charge on any atom is -0.379 e. The molecule has 0 saturated carbocycles. The lowest BCUT2D eigenvalue weighted by Gasteiger charge is -2.26. The molecule has 3 heterocycles. The molecule has 1 aliphatic carbocycles. The number of morpholine rings is 1. The van der Waals surface area contributed by atoms with Gasteiger partial charge in [0.1, 0.15) is 5.00 Å². The van der Waals surface area contributed by atoms with Crippen molar-refractivity contribution in [3.8, 4) is 5.69 Å². The smallest absolute Gasteiger partial charge is 0.254 e.